The third kappa shape index (κ3) is 6.31. The van der Waals surface area contributed by atoms with Crippen LogP contribution in [-0.2, 0) is 20.9 Å². The van der Waals surface area contributed by atoms with Crippen molar-refractivity contribution in [2.45, 2.75) is 12.5 Å². The van der Waals surface area contributed by atoms with Gasteiger partial charge < -0.3 is 9.84 Å². The summed E-state index contributed by atoms with van der Waals surface area (Å²) < 4.78 is 33.3. The molecule has 0 fully saturated rings. The molecule has 0 spiro atoms. The summed E-state index contributed by atoms with van der Waals surface area (Å²) in [4.78, 5) is 13.8. The molecule has 0 radical (unpaired) electrons. The topological polar surface area (TPSA) is 132 Å². The highest BCUT2D eigenvalue weighted by molar-refractivity contribution is 7.84. The minimum Gasteiger partial charge on any atom is -0.494 e. The molecule has 0 bridgehead atoms. The van der Waals surface area contributed by atoms with Gasteiger partial charge in [0.2, 0.25) is 5.88 Å². The van der Waals surface area contributed by atoms with Gasteiger partial charge in [0.05, 0.1) is 4.88 Å². The zero-order valence-electron chi connectivity index (χ0n) is 14.9. The quantitative estimate of drug-likeness (QED) is 0.477. The lowest BCUT2D eigenvalue weighted by Crippen LogP contribution is -2.23. The molecule has 4 N–H and O–H groups in total. The molecular weight excluding hydrogens is 440 g/mol. The monoisotopic (exact) mass is 456 g/mol. The first kappa shape index (κ1) is 21.3. The first-order chi connectivity index (χ1) is 13.7. The number of rotatable bonds is 8. The second kappa shape index (κ2) is 8.97. The van der Waals surface area contributed by atoms with Crippen molar-refractivity contribution >= 4 is 33.2 Å². The highest BCUT2D eigenvalue weighted by Crippen LogP contribution is 2.25. The van der Waals surface area contributed by atoms with E-state index in [-0.39, 0.29) is 17.4 Å². The van der Waals surface area contributed by atoms with E-state index in [0.717, 1.165) is 16.9 Å². The maximum atomic E-state index is 11.4. The van der Waals surface area contributed by atoms with Crippen LogP contribution in [0.3, 0.4) is 0 Å². The Morgan fingerprint density at radius 3 is 2.52 bits per heavy atom. The average molecular weight is 457 g/mol. The molecule has 11 heteroatoms. The third-order valence-corrected chi connectivity index (χ3v) is 5.47. The van der Waals surface area contributed by atoms with Crippen LogP contribution in [0.15, 0.2) is 53.3 Å². The number of halogens is 1. The Kier molecular flexibility index (Phi) is 6.60. The van der Waals surface area contributed by atoms with E-state index in [1.165, 1.54) is 0 Å². The van der Waals surface area contributed by atoms with Gasteiger partial charge in [-0.05, 0) is 35.4 Å². The molecular formula is C18H17ClN2O6S2. The molecule has 0 aliphatic heterocycles. The molecule has 1 aromatic heterocycles. The number of nitrogens with one attached hydrogen (secondary N) is 1. The van der Waals surface area contributed by atoms with Crippen molar-refractivity contribution in [3.05, 3.63) is 79.2 Å². The summed E-state index contributed by atoms with van der Waals surface area (Å²) in [6.45, 7) is -0.115. The predicted molar refractivity (Wildman–Crippen MR) is 110 cm³/mol. The molecule has 3 aromatic rings. The second-order valence-electron chi connectivity index (χ2n) is 6.05. The molecule has 0 aliphatic carbocycles. The van der Waals surface area contributed by atoms with E-state index in [0.29, 0.717) is 27.6 Å². The Hall–Kier alpha value is -2.37. The number of aromatic nitrogens is 1. The smallest absolute Gasteiger partial charge is 0.333 e. The van der Waals surface area contributed by atoms with Crippen molar-refractivity contribution in [1.29, 1.82) is 0 Å². The van der Waals surface area contributed by atoms with E-state index in [1.54, 1.807) is 48.5 Å². The van der Waals surface area contributed by atoms with Crippen molar-refractivity contribution in [1.82, 2.24) is 4.98 Å². The number of nitrogens with two attached hydrogens (primary N) is 1. The summed E-state index contributed by atoms with van der Waals surface area (Å²) in [5, 5.41) is 15.1. The van der Waals surface area contributed by atoms with Crippen LogP contribution in [0.25, 0.3) is 0 Å². The van der Waals surface area contributed by atoms with Gasteiger partial charge >= 0.3 is 15.2 Å². The summed E-state index contributed by atoms with van der Waals surface area (Å²) >= 11 is 6.90. The summed E-state index contributed by atoms with van der Waals surface area (Å²) in [7, 11) is -4.21. The van der Waals surface area contributed by atoms with Gasteiger partial charge in [0.25, 0.3) is 0 Å². The summed E-state index contributed by atoms with van der Waals surface area (Å²) in [6, 6.07) is 13.5. The van der Waals surface area contributed by atoms with Crippen LogP contribution in [-0.4, -0.2) is 25.1 Å². The summed E-state index contributed by atoms with van der Waals surface area (Å²) in [6.07, 6.45) is -0.590. The van der Waals surface area contributed by atoms with Crippen LogP contribution in [0.1, 0.15) is 22.1 Å². The Morgan fingerprint density at radius 1 is 1.21 bits per heavy atom. The molecule has 8 nitrogen and oxygen atoms in total. The number of thiazole rings is 1. The Bertz CT molecular complexity index is 1140. The van der Waals surface area contributed by atoms with Crippen molar-refractivity contribution in [2.75, 3.05) is 6.61 Å². The SMILES string of the molecule is NS(=O)(=O)OC(COc1ccc(Cc2sc(=O)[nH]c2O)cc1)c1cccc(Cl)c1. The molecule has 154 valence electrons. The van der Waals surface area contributed by atoms with E-state index in [2.05, 4.69) is 4.98 Å². The van der Waals surface area contributed by atoms with E-state index in [1.807, 2.05) is 0 Å². The van der Waals surface area contributed by atoms with Crippen LogP contribution >= 0.6 is 22.9 Å². The van der Waals surface area contributed by atoms with E-state index >= 15 is 0 Å². The predicted octanol–water partition coefficient (Wildman–Crippen LogP) is 2.73. The van der Waals surface area contributed by atoms with Gasteiger partial charge in [0, 0.05) is 11.4 Å². The number of ether oxygens (including phenoxy) is 1. The first-order valence-electron chi connectivity index (χ1n) is 8.29. The number of benzene rings is 2. The van der Waals surface area contributed by atoms with Gasteiger partial charge in [-0.25, -0.2) is 9.32 Å². The summed E-state index contributed by atoms with van der Waals surface area (Å²) in [5.41, 5.74) is 1.36. The molecule has 0 saturated heterocycles. The highest BCUT2D eigenvalue weighted by Gasteiger charge is 2.20. The number of hydrogen-bond acceptors (Lipinski definition) is 7. The molecule has 0 saturated carbocycles. The van der Waals surface area contributed by atoms with Crippen molar-refractivity contribution in [2.24, 2.45) is 5.14 Å². The first-order valence-corrected chi connectivity index (χ1v) is 11.0. The highest BCUT2D eigenvalue weighted by atomic mass is 35.5. The van der Waals surface area contributed by atoms with Crippen LogP contribution in [0.4, 0.5) is 0 Å². The standard InChI is InChI=1S/C18H17ClN2O6S2/c19-13-3-1-2-12(9-13)15(27-29(20,24)25)10-26-14-6-4-11(5-7-14)8-16-17(22)21-18(23)28-16/h1-7,9,15,22H,8,10H2,(H,21,23)(H2,20,24,25). The Morgan fingerprint density at radius 2 is 1.93 bits per heavy atom. The van der Waals surface area contributed by atoms with Crippen LogP contribution in [0.5, 0.6) is 11.6 Å². The zero-order chi connectivity index (χ0) is 21.0. The van der Waals surface area contributed by atoms with Gasteiger partial charge in [-0.15, -0.1) is 0 Å². The van der Waals surface area contributed by atoms with E-state index < -0.39 is 16.4 Å². The normalized spacial score (nSPS) is 12.6. The fourth-order valence-electron chi connectivity index (χ4n) is 2.58. The minimum absolute atomic E-state index is 0.115. The van der Waals surface area contributed by atoms with Crippen LogP contribution < -0.4 is 14.7 Å². The number of hydrogen-bond donors (Lipinski definition) is 3. The van der Waals surface area contributed by atoms with E-state index in [9.17, 15) is 18.3 Å². The number of H-pyrrole nitrogens is 1. The van der Waals surface area contributed by atoms with Gasteiger partial charge in [-0.3, -0.25) is 9.78 Å². The van der Waals surface area contributed by atoms with Gasteiger partial charge in [-0.1, -0.05) is 47.2 Å². The lowest BCUT2D eigenvalue weighted by Gasteiger charge is -2.17. The lowest BCUT2D eigenvalue weighted by molar-refractivity contribution is 0.135. The molecule has 1 unspecified atom stereocenters. The molecule has 1 heterocycles. The number of aromatic amines is 1. The van der Waals surface area contributed by atoms with Crippen molar-refractivity contribution < 1.29 is 22.4 Å². The van der Waals surface area contributed by atoms with Gasteiger partial charge in [0.15, 0.2) is 0 Å². The fourth-order valence-corrected chi connectivity index (χ4v) is 4.03. The van der Waals surface area contributed by atoms with Crippen molar-refractivity contribution in [3.63, 3.8) is 0 Å². The third-order valence-electron chi connectivity index (χ3n) is 3.86. The molecule has 0 aliphatic rings. The fraction of sp³-hybridized carbons (Fsp3) is 0.167. The Labute approximate surface area is 175 Å². The van der Waals surface area contributed by atoms with E-state index in [4.69, 9.17) is 25.7 Å². The Balaban J connectivity index is 1.69. The maximum Gasteiger partial charge on any atom is 0.333 e. The van der Waals surface area contributed by atoms with Crippen LogP contribution in [0, 0.1) is 0 Å². The van der Waals surface area contributed by atoms with Gasteiger partial charge in [-0.2, -0.15) is 8.42 Å². The average Bonchev–Trinajstić information content (AvgIpc) is 2.96. The molecule has 1 atom stereocenters. The zero-order valence-corrected chi connectivity index (χ0v) is 17.3. The molecule has 29 heavy (non-hydrogen) atoms. The van der Waals surface area contributed by atoms with Crippen molar-refractivity contribution in [3.8, 4) is 11.6 Å². The van der Waals surface area contributed by atoms with Gasteiger partial charge in [0.1, 0.15) is 18.5 Å². The molecule has 0 amide bonds. The largest absolute Gasteiger partial charge is 0.494 e. The molecule has 3 rings (SSSR count). The minimum atomic E-state index is -4.21. The lowest BCUT2D eigenvalue weighted by atomic mass is 10.1. The second-order valence-corrected chi connectivity index (χ2v) is 8.73. The molecule has 2 aromatic carbocycles. The van der Waals surface area contributed by atoms with Crippen LogP contribution in [0.2, 0.25) is 5.02 Å². The maximum absolute atomic E-state index is 11.4. The summed E-state index contributed by atoms with van der Waals surface area (Å²) in [5.74, 6) is 0.343. The number of aromatic hydroxyl groups is 1.